The van der Waals surface area contributed by atoms with Crippen LogP contribution in [0.1, 0.15) is 15.9 Å². The van der Waals surface area contributed by atoms with Crippen LogP contribution in [0.3, 0.4) is 0 Å². The standard InChI is InChI=1S/C25H17ClN2O2/c1-15-9-12-23-22(13-15)28-25(30-23)17-10-11-20(26)21(14-17)27-24(29)19-8-4-6-16-5-2-3-7-18(16)19/h2-14H,1H3,(H,27,29). The molecule has 5 heteroatoms. The van der Waals surface area contributed by atoms with Crippen molar-refractivity contribution in [1.82, 2.24) is 4.98 Å². The number of benzene rings is 4. The van der Waals surface area contributed by atoms with E-state index in [2.05, 4.69) is 10.3 Å². The molecule has 5 rings (SSSR count). The Morgan fingerprint density at radius 2 is 1.80 bits per heavy atom. The number of carbonyl (C=O) groups excluding carboxylic acids is 1. The SMILES string of the molecule is Cc1ccc2oc(-c3ccc(Cl)c(NC(=O)c4cccc5ccccc45)c3)nc2c1. The van der Waals surface area contributed by atoms with Crippen molar-refractivity contribution in [3.63, 3.8) is 0 Å². The second kappa shape index (κ2) is 7.32. The Morgan fingerprint density at radius 1 is 0.967 bits per heavy atom. The molecule has 0 saturated carbocycles. The first-order valence-electron chi connectivity index (χ1n) is 9.55. The van der Waals surface area contributed by atoms with Crippen LogP contribution in [0.5, 0.6) is 0 Å². The molecule has 0 fully saturated rings. The summed E-state index contributed by atoms with van der Waals surface area (Å²) in [5.74, 6) is 0.256. The maximum Gasteiger partial charge on any atom is 0.256 e. The Balaban J connectivity index is 1.51. The fourth-order valence-corrected chi connectivity index (χ4v) is 3.69. The molecule has 0 bridgehead atoms. The molecular formula is C25H17ClN2O2. The molecule has 0 aliphatic heterocycles. The number of nitrogens with one attached hydrogen (secondary N) is 1. The number of aromatic nitrogens is 1. The molecule has 0 radical (unpaired) electrons. The Kier molecular flexibility index (Phi) is 4.49. The van der Waals surface area contributed by atoms with Crippen LogP contribution in [0.25, 0.3) is 33.3 Å². The molecule has 5 aromatic rings. The van der Waals surface area contributed by atoms with Crippen molar-refractivity contribution in [2.75, 3.05) is 5.32 Å². The first-order chi connectivity index (χ1) is 14.6. The number of anilines is 1. The van der Waals surface area contributed by atoms with Crippen molar-refractivity contribution < 1.29 is 9.21 Å². The molecule has 1 amide bonds. The maximum absolute atomic E-state index is 13.0. The van der Waals surface area contributed by atoms with E-state index >= 15 is 0 Å². The van der Waals surface area contributed by atoms with Crippen molar-refractivity contribution >= 4 is 45.1 Å². The average molecular weight is 413 g/mol. The molecule has 1 aromatic heterocycles. The zero-order valence-corrected chi connectivity index (χ0v) is 16.9. The van der Waals surface area contributed by atoms with Gasteiger partial charge in [0.1, 0.15) is 5.52 Å². The number of amides is 1. The van der Waals surface area contributed by atoms with E-state index in [4.69, 9.17) is 16.0 Å². The first kappa shape index (κ1) is 18.4. The zero-order chi connectivity index (χ0) is 20.7. The smallest absolute Gasteiger partial charge is 0.256 e. The predicted octanol–water partition coefficient (Wildman–Crippen LogP) is 6.86. The van der Waals surface area contributed by atoms with Crippen LogP contribution in [0, 0.1) is 6.92 Å². The van der Waals surface area contributed by atoms with Crippen molar-refractivity contribution in [1.29, 1.82) is 0 Å². The fraction of sp³-hybridized carbons (Fsp3) is 0.0400. The van der Waals surface area contributed by atoms with E-state index in [0.29, 0.717) is 27.7 Å². The lowest BCUT2D eigenvalue weighted by Crippen LogP contribution is -2.12. The van der Waals surface area contributed by atoms with E-state index in [9.17, 15) is 4.79 Å². The van der Waals surface area contributed by atoms with Crippen LogP contribution < -0.4 is 5.32 Å². The molecule has 0 aliphatic rings. The number of carbonyl (C=O) groups is 1. The molecule has 146 valence electrons. The highest BCUT2D eigenvalue weighted by Crippen LogP contribution is 2.31. The second-order valence-electron chi connectivity index (χ2n) is 7.17. The van der Waals surface area contributed by atoms with Gasteiger partial charge in [-0.05, 0) is 59.7 Å². The molecule has 1 N–H and O–H groups in total. The molecule has 1 heterocycles. The highest BCUT2D eigenvalue weighted by atomic mass is 35.5. The van der Waals surface area contributed by atoms with Crippen LogP contribution in [0.15, 0.2) is 83.3 Å². The first-order valence-corrected chi connectivity index (χ1v) is 9.92. The second-order valence-corrected chi connectivity index (χ2v) is 7.57. The Bertz CT molecular complexity index is 1420. The highest BCUT2D eigenvalue weighted by molar-refractivity contribution is 6.34. The van der Waals surface area contributed by atoms with Gasteiger partial charge in [0.25, 0.3) is 5.91 Å². The number of halogens is 1. The summed E-state index contributed by atoms with van der Waals surface area (Å²) in [6.07, 6.45) is 0. The van der Waals surface area contributed by atoms with Crippen LogP contribution in [0.4, 0.5) is 5.69 Å². The largest absolute Gasteiger partial charge is 0.436 e. The number of hydrogen-bond donors (Lipinski definition) is 1. The summed E-state index contributed by atoms with van der Waals surface area (Å²) < 4.78 is 5.88. The van der Waals surface area contributed by atoms with E-state index in [-0.39, 0.29) is 5.91 Å². The quantitative estimate of drug-likeness (QED) is 0.352. The summed E-state index contributed by atoms with van der Waals surface area (Å²) in [6, 6.07) is 24.6. The van der Waals surface area contributed by atoms with E-state index in [0.717, 1.165) is 27.4 Å². The van der Waals surface area contributed by atoms with Gasteiger partial charge in [-0.1, -0.05) is 54.1 Å². The van der Waals surface area contributed by atoms with Gasteiger partial charge in [-0.25, -0.2) is 4.98 Å². The number of rotatable bonds is 3. The summed E-state index contributed by atoms with van der Waals surface area (Å²) in [6.45, 7) is 2.01. The molecule has 4 aromatic carbocycles. The van der Waals surface area contributed by atoms with Crippen molar-refractivity contribution in [3.05, 3.63) is 95.0 Å². The average Bonchev–Trinajstić information content (AvgIpc) is 3.18. The lowest BCUT2D eigenvalue weighted by Gasteiger charge is -2.10. The van der Waals surface area contributed by atoms with Gasteiger partial charge in [0, 0.05) is 11.1 Å². The highest BCUT2D eigenvalue weighted by Gasteiger charge is 2.14. The summed E-state index contributed by atoms with van der Waals surface area (Å²) in [4.78, 5) is 17.6. The number of aryl methyl sites for hydroxylation is 1. The van der Waals surface area contributed by atoms with E-state index in [1.165, 1.54) is 0 Å². The topological polar surface area (TPSA) is 55.1 Å². The molecule has 0 spiro atoms. The third-order valence-electron chi connectivity index (χ3n) is 5.04. The van der Waals surface area contributed by atoms with Crippen LogP contribution >= 0.6 is 11.6 Å². The zero-order valence-electron chi connectivity index (χ0n) is 16.1. The minimum atomic E-state index is -0.223. The van der Waals surface area contributed by atoms with E-state index in [1.54, 1.807) is 18.2 Å². The third-order valence-corrected chi connectivity index (χ3v) is 5.37. The molecular weight excluding hydrogens is 396 g/mol. The molecule has 0 unspecified atom stereocenters. The molecule has 0 aliphatic carbocycles. The Morgan fingerprint density at radius 3 is 2.70 bits per heavy atom. The molecule has 0 saturated heterocycles. The van der Waals surface area contributed by atoms with Gasteiger partial charge >= 0.3 is 0 Å². The van der Waals surface area contributed by atoms with Gasteiger partial charge in [0.05, 0.1) is 10.7 Å². The summed E-state index contributed by atoms with van der Waals surface area (Å²) in [5, 5.41) is 5.27. The molecule has 4 nitrogen and oxygen atoms in total. The monoisotopic (exact) mass is 412 g/mol. The van der Waals surface area contributed by atoms with Crippen LogP contribution in [-0.2, 0) is 0 Å². The fourth-order valence-electron chi connectivity index (χ4n) is 3.53. The van der Waals surface area contributed by atoms with Gasteiger partial charge in [-0.2, -0.15) is 0 Å². The third kappa shape index (κ3) is 3.31. The van der Waals surface area contributed by atoms with Crippen molar-refractivity contribution in [3.8, 4) is 11.5 Å². The molecule has 30 heavy (non-hydrogen) atoms. The Hall–Kier alpha value is -3.63. The summed E-state index contributed by atoms with van der Waals surface area (Å²) >= 11 is 6.37. The van der Waals surface area contributed by atoms with Crippen LogP contribution in [0.2, 0.25) is 5.02 Å². The lowest BCUT2D eigenvalue weighted by molar-refractivity contribution is 0.102. The predicted molar refractivity (Wildman–Crippen MR) is 121 cm³/mol. The van der Waals surface area contributed by atoms with E-state index < -0.39 is 0 Å². The van der Waals surface area contributed by atoms with Gasteiger partial charge in [-0.3, -0.25) is 4.79 Å². The van der Waals surface area contributed by atoms with Gasteiger partial charge in [0.2, 0.25) is 5.89 Å². The minimum absolute atomic E-state index is 0.223. The lowest BCUT2D eigenvalue weighted by atomic mass is 10.0. The maximum atomic E-state index is 13.0. The van der Waals surface area contributed by atoms with Gasteiger partial charge in [0.15, 0.2) is 5.58 Å². The summed E-state index contributed by atoms with van der Waals surface area (Å²) in [5.41, 5.74) is 4.45. The number of hydrogen-bond acceptors (Lipinski definition) is 3. The number of nitrogens with zero attached hydrogens (tertiary/aromatic N) is 1. The van der Waals surface area contributed by atoms with Gasteiger partial charge in [-0.15, -0.1) is 0 Å². The minimum Gasteiger partial charge on any atom is -0.436 e. The van der Waals surface area contributed by atoms with E-state index in [1.807, 2.05) is 67.6 Å². The van der Waals surface area contributed by atoms with Gasteiger partial charge < -0.3 is 9.73 Å². The van der Waals surface area contributed by atoms with Crippen molar-refractivity contribution in [2.45, 2.75) is 6.92 Å². The Labute approximate surface area is 178 Å². The molecule has 0 atom stereocenters. The number of oxazole rings is 1. The number of fused-ring (bicyclic) bond motifs is 2. The van der Waals surface area contributed by atoms with Crippen LogP contribution in [-0.4, -0.2) is 10.9 Å². The van der Waals surface area contributed by atoms with Crippen molar-refractivity contribution in [2.24, 2.45) is 0 Å². The summed E-state index contributed by atoms with van der Waals surface area (Å²) in [7, 11) is 0. The normalized spacial score (nSPS) is 11.1.